The van der Waals surface area contributed by atoms with Crippen molar-refractivity contribution in [3.8, 4) is 11.8 Å². The molecule has 0 bridgehead atoms. The second-order valence-electron chi connectivity index (χ2n) is 6.50. The van der Waals surface area contributed by atoms with E-state index >= 15 is 0 Å². The maximum absolute atomic E-state index is 13.3. The van der Waals surface area contributed by atoms with Crippen molar-refractivity contribution in [3.63, 3.8) is 0 Å². The topological polar surface area (TPSA) is 85.6 Å². The molecule has 0 saturated carbocycles. The monoisotopic (exact) mass is 389 g/mol. The van der Waals surface area contributed by atoms with Crippen LogP contribution in [0.4, 0.5) is 4.39 Å². The van der Waals surface area contributed by atoms with Crippen LogP contribution in [0, 0.1) is 17.1 Å². The average Bonchev–Trinajstić information content (AvgIpc) is 3.13. The Morgan fingerprint density at radius 3 is 2.59 bits per heavy atom. The first-order valence-corrected chi connectivity index (χ1v) is 8.99. The van der Waals surface area contributed by atoms with E-state index in [1.54, 1.807) is 29.7 Å². The van der Waals surface area contributed by atoms with Crippen molar-refractivity contribution in [2.75, 3.05) is 0 Å². The van der Waals surface area contributed by atoms with Crippen LogP contribution in [0.15, 0.2) is 64.4 Å². The van der Waals surface area contributed by atoms with E-state index in [1.165, 1.54) is 35.2 Å². The summed E-state index contributed by atoms with van der Waals surface area (Å²) in [5.74, 6) is -0.426. The third-order valence-corrected chi connectivity index (χ3v) is 4.71. The summed E-state index contributed by atoms with van der Waals surface area (Å²) in [4.78, 5) is 30.2. The van der Waals surface area contributed by atoms with Crippen LogP contribution >= 0.6 is 0 Å². The second-order valence-corrected chi connectivity index (χ2v) is 6.50. The minimum absolute atomic E-state index is 0.184. The van der Waals surface area contributed by atoms with Crippen LogP contribution in [0.3, 0.4) is 0 Å². The van der Waals surface area contributed by atoms with Gasteiger partial charge in [0, 0.05) is 13.1 Å². The Kier molecular flexibility index (Phi) is 4.56. The number of nitrogens with zero attached hydrogens (tertiary/aromatic N) is 5. The molecule has 0 saturated heterocycles. The number of hydrogen-bond acceptors (Lipinski definition) is 4. The highest BCUT2D eigenvalue weighted by Crippen LogP contribution is 2.15. The van der Waals surface area contributed by atoms with E-state index in [1.807, 2.05) is 6.07 Å². The summed E-state index contributed by atoms with van der Waals surface area (Å²) in [7, 11) is 0. The van der Waals surface area contributed by atoms with Crippen molar-refractivity contribution in [1.82, 2.24) is 18.7 Å². The third-order valence-electron chi connectivity index (χ3n) is 4.71. The number of rotatable bonds is 4. The van der Waals surface area contributed by atoms with Crippen LogP contribution in [0.2, 0.25) is 0 Å². The molecular weight excluding hydrogens is 373 g/mol. The molecule has 7 nitrogen and oxygen atoms in total. The standard InChI is InChI=1S/C21H16FN5O2/c1-2-26-20(28)18-19(27(21(26)29)17-8-6-16(22)7-9-17)24-13-25(18)12-15-5-3-4-14(10-15)11-23/h3-10,13H,2,12H2,1H3. The maximum atomic E-state index is 13.3. The van der Waals surface area contributed by atoms with Crippen LogP contribution in [0.25, 0.3) is 16.9 Å². The zero-order chi connectivity index (χ0) is 20.5. The van der Waals surface area contributed by atoms with Crippen LogP contribution in [0.5, 0.6) is 0 Å². The highest BCUT2D eigenvalue weighted by molar-refractivity contribution is 5.72. The van der Waals surface area contributed by atoms with Gasteiger partial charge in [-0.05, 0) is 48.9 Å². The molecule has 0 N–H and O–H groups in total. The molecule has 8 heteroatoms. The number of nitriles is 1. The Bertz CT molecular complexity index is 1370. The van der Waals surface area contributed by atoms with Gasteiger partial charge in [0.1, 0.15) is 5.82 Å². The molecule has 0 aliphatic heterocycles. The van der Waals surface area contributed by atoms with E-state index in [-0.39, 0.29) is 17.7 Å². The van der Waals surface area contributed by atoms with Crippen molar-refractivity contribution in [2.45, 2.75) is 20.0 Å². The van der Waals surface area contributed by atoms with Crippen molar-refractivity contribution in [3.05, 3.63) is 92.6 Å². The molecule has 0 fully saturated rings. The molecule has 29 heavy (non-hydrogen) atoms. The Balaban J connectivity index is 1.97. The molecular formula is C21H16FN5O2. The lowest BCUT2D eigenvalue weighted by Gasteiger charge is -2.11. The molecule has 2 aromatic heterocycles. The Hall–Kier alpha value is -3.99. The summed E-state index contributed by atoms with van der Waals surface area (Å²) in [6.45, 7) is 2.21. The first kappa shape index (κ1) is 18.4. The summed E-state index contributed by atoms with van der Waals surface area (Å²) in [6.07, 6.45) is 1.49. The molecule has 0 spiro atoms. The van der Waals surface area contributed by atoms with Crippen molar-refractivity contribution in [2.24, 2.45) is 0 Å². The van der Waals surface area contributed by atoms with Gasteiger partial charge in [-0.2, -0.15) is 5.26 Å². The van der Waals surface area contributed by atoms with Gasteiger partial charge in [0.2, 0.25) is 0 Å². The molecule has 0 radical (unpaired) electrons. The number of hydrogen-bond donors (Lipinski definition) is 0. The quantitative estimate of drug-likeness (QED) is 0.537. The first-order chi connectivity index (χ1) is 14.0. The summed E-state index contributed by atoms with van der Waals surface area (Å²) < 4.78 is 17.4. The van der Waals surface area contributed by atoms with Gasteiger partial charge in [0.25, 0.3) is 5.56 Å². The highest BCUT2D eigenvalue weighted by atomic mass is 19.1. The third kappa shape index (κ3) is 3.12. The lowest BCUT2D eigenvalue weighted by molar-refractivity contribution is 0.626. The SMILES string of the molecule is CCn1c(=O)c2c(ncn2Cc2cccc(C#N)c2)n(-c2ccc(F)cc2)c1=O. The molecule has 0 unspecified atom stereocenters. The number of halogens is 1. The summed E-state index contributed by atoms with van der Waals surface area (Å²) in [5, 5.41) is 9.10. The fourth-order valence-corrected chi connectivity index (χ4v) is 3.34. The molecule has 144 valence electrons. The predicted octanol–water partition coefficient (Wildman–Crippen LogP) is 2.43. The average molecular weight is 389 g/mol. The highest BCUT2D eigenvalue weighted by Gasteiger charge is 2.18. The molecule has 0 aliphatic rings. The summed E-state index contributed by atoms with van der Waals surface area (Å²) in [5.41, 5.74) is 1.24. The van der Waals surface area contributed by atoms with Gasteiger partial charge in [-0.15, -0.1) is 0 Å². The van der Waals surface area contributed by atoms with Gasteiger partial charge in [-0.3, -0.25) is 9.36 Å². The van der Waals surface area contributed by atoms with Gasteiger partial charge in [-0.25, -0.2) is 18.7 Å². The lowest BCUT2D eigenvalue weighted by atomic mass is 10.1. The van der Waals surface area contributed by atoms with Crippen molar-refractivity contribution >= 4 is 11.2 Å². The number of aromatic nitrogens is 4. The maximum Gasteiger partial charge on any atom is 0.337 e. The largest absolute Gasteiger partial charge is 0.337 e. The van der Waals surface area contributed by atoms with E-state index in [0.717, 1.165) is 10.1 Å². The Morgan fingerprint density at radius 1 is 1.14 bits per heavy atom. The normalized spacial score (nSPS) is 10.9. The van der Waals surface area contributed by atoms with Gasteiger partial charge < -0.3 is 4.57 Å². The van der Waals surface area contributed by atoms with Gasteiger partial charge in [0.05, 0.1) is 23.6 Å². The molecule has 4 aromatic rings. The van der Waals surface area contributed by atoms with Crippen LogP contribution in [-0.4, -0.2) is 18.7 Å². The fourth-order valence-electron chi connectivity index (χ4n) is 3.34. The molecule has 0 atom stereocenters. The first-order valence-electron chi connectivity index (χ1n) is 8.99. The molecule has 2 heterocycles. The zero-order valence-corrected chi connectivity index (χ0v) is 15.5. The summed E-state index contributed by atoms with van der Waals surface area (Å²) in [6, 6.07) is 14.6. The van der Waals surface area contributed by atoms with Gasteiger partial charge >= 0.3 is 5.69 Å². The lowest BCUT2D eigenvalue weighted by Crippen LogP contribution is -2.39. The fraction of sp³-hybridized carbons (Fsp3) is 0.143. The van der Waals surface area contributed by atoms with E-state index in [2.05, 4.69) is 11.1 Å². The van der Waals surface area contributed by atoms with Crippen LogP contribution in [-0.2, 0) is 13.1 Å². The van der Waals surface area contributed by atoms with Crippen molar-refractivity contribution in [1.29, 1.82) is 5.26 Å². The number of benzene rings is 2. The molecule has 0 aliphatic carbocycles. The van der Waals surface area contributed by atoms with E-state index in [0.29, 0.717) is 17.8 Å². The van der Waals surface area contributed by atoms with E-state index in [9.17, 15) is 14.0 Å². The number of imidazole rings is 1. The van der Waals surface area contributed by atoms with Crippen molar-refractivity contribution < 1.29 is 4.39 Å². The minimum Gasteiger partial charge on any atom is -0.320 e. The smallest absolute Gasteiger partial charge is 0.320 e. The van der Waals surface area contributed by atoms with E-state index < -0.39 is 17.1 Å². The Labute approximate surface area is 164 Å². The molecule has 0 amide bonds. The number of fused-ring (bicyclic) bond motifs is 1. The molecule has 2 aromatic carbocycles. The second kappa shape index (κ2) is 7.20. The van der Waals surface area contributed by atoms with Gasteiger partial charge in [0.15, 0.2) is 11.2 Å². The van der Waals surface area contributed by atoms with Crippen LogP contribution in [0.1, 0.15) is 18.1 Å². The summed E-state index contributed by atoms with van der Waals surface area (Å²) >= 11 is 0. The Morgan fingerprint density at radius 2 is 1.90 bits per heavy atom. The van der Waals surface area contributed by atoms with E-state index in [4.69, 9.17) is 5.26 Å². The van der Waals surface area contributed by atoms with Gasteiger partial charge in [-0.1, -0.05) is 12.1 Å². The molecule has 4 rings (SSSR count). The van der Waals surface area contributed by atoms with Crippen LogP contribution < -0.4 is 11.2 Å². The minimum atomic E-state index is -0.534. The zero-order valence-electron chi connectivity index (χ0n) is 15.5. The predicted molar refractivity (Wildman–Crippen MR) is 105 cm³/mol.